The number of hydrogen-bond acceptors (Lipinski definition) is 4. The van der Waals surface area contributed by atoms with Crippen molar-refractivity contribution in [1.82, 2.24) is 0 Å². The molecule has 0 saturated heterocycles. The topological polar surface area (TPSA) is 52.6 Å². The molecule has 0 heterocycles. The second kappa shape index (κ2) is 29.1. The number of halogens is 2. The number of alkyl halides is 2. The Labute approximate surface area is 227 Å². The second-order valence-electron chi connectivity index (χ2n) is 9.39. The minimum atomic E-state index is -0.0520. The largest absolute Gasteiger partial charge is 0.466 e. The molecule has 0 aliphatic heterocycles. The lowest BCUT2D eigenvalue weighted by Gasteiger charge is -2.05. The first-order valence-corrected chi connectivity index (χ1v) is 16.4. The van der Waals surface area contributed by atoms with Crippen LogP contribution in [0.25, 0.3) is 0 Å². The molecule has 0 fully saturated rings. The normalized spacial score (nSPS) is 11.0. The maximum atomic E-state index is 11.4. The number of hydrogen-bond donors (Lipinski definition) is 0. The Morgan fingerprint density at radius 3 is 0.853 bits per heavy atom. The highest BCUT2D eigenvalue weighted by Gasteiger charge is 2.02. The quantitative estimate of drug-likeness (QED) is 0.0527. The molecule has 0 rings (SSSR count). The van der Waals surface area contributed by atoms with Crippen molar-refractivity contribution in [3.63, 3.8) is 0 Å². The summed E-state index contributed by atoms with van der Waals surface area (Å²) < 4.78 is 10.4. The van der Waals surface area contributed by atoms with Crippen LogP contribution in [-0.4, -0.2) is 35.8 Å². The summed E-state index contributed by atoms with van der Waals surface area (Å²) in [5.74, 6) is -0.104. The van der Waals surface area contributed by atoms with Crippen molar-refractivity contribution in [3.8, 4) is 0 Å². The van der Waals surface area contributed by atoms with E-state index in [2.05, 4.69) is 31.9 Å². The van der Waals surface area contributed by atoms with Crippen molar-refractivity contribution in [2.24, 2.45) is 0 Å². The third-order valence-corrected chi connectivity index (χ3v) is 7.22. The molecule has 0 N–H and O–H groups in total. The summed E-state index contributed by atoms with van der Waals surface area (Å²) in [6.07, 6.45) is 26.1. The predicted molar refractivity (Wildman–Crippen MR) is 151 cm³/mol. The van der Waals surface area contributed by atoms with Crippen molar-refractivity contribution in [3.05, 3.63) is 0 Å². The van der Waals surface area contributed by atoms with Crippen LogP contribution in [0.2, 0.25) is 0 Å². The molecule has 0 aromatic carbocycles. The van der Waals surface area contributed by atoms with Crippen molar-refractivity contribution < 1.29 is 19.1 Å². The highest BCUT2D eigenvalue weighted by atomic mass is 79.9. The van der Waals surface area contributed by atoms with Crippen molar-refractivity contribution in [2.45, 2.75) is 141 Å². The maximum Gasteiger partial charge on any atom is 0.305 e. The van der Waals surface area contributed by atoms with Gasteiger partial charge in [0.15, 0.2) is 0 Å². The van der Waals surface area contributed by atoms with Gasteiger partial charge in [0.1, 0.15) is 0 Å². The number of carbonyl (C=O) groups excluding carboxylic acids is 2. The van der Waals surface area contributed by atoms with Crippen LogP contribution in [0.5, 0.6) is 0 Å². The van der Waals surface area contributed by atoms with E-state index in [9.17, 15) is 9.59 Å². The minimum Gasteiger partial charge on any atom is -0.466 e. The van der Waals surface area contributed by atoms with Crippen LogP contribution < -0.4 is 0 Å². The molecule has 0 amide bonds. The fraction of sp³-hybridized carbons (Fsp3) is 0.929. The van der Waals surface area contributed by atoms with E-state index in [4.69, 9.17) is 9.47 Å². The smallest absolute Gasteiger partial charge is 0.305 e. The van der Waals surface area contributed by atoms with Crippen LogP contribution in [0.4, 0.5) is 0 Å². The summed E-state index contributed by atoms with van der Waals surface area (Å²) in [5.41, 5.74) is 0. The van der Waals surface area contributed by atoms with Crippen LogP contribution in [0.1, 0.15) is 141 Å². The summed E-state index contributed by atoms with van der Waals surface area (Å²) >= 11 is 6.66. The van der Waals surface area contributed by atoms with Crippen LogP contribution in [0.15, 0.2) is 0 Å². The molecule has 0 saturated carbocycles. The SMILES string of the molecule is O=C(CCCBr)OCCCCCCCCCCCCCCCCCCCCOC(=O)CCCBr. The van der Waals surface area contributed by atoms with Crippen LogP contribution in [0.3, 0.4) is 0 Å². The summed E-state index contributed by atoms with van der Waals surface area (Å²) in [6, 6.07) is 0. The Balaban J connectivity index is 3.10. The Hall–Kier alpha value is -0.100. The molecule has 0 aliphatic carbocycles. The zero-order valence-corrected chi connectivity index (χ0v) is 24.9. The van der Waals surface area contributed by atoms with E-state index in [1.165, 1.54) is 103 Å². The third kappa shape index (κ3) is 28.1. The molecule has 0 spiro atoms. The van der Waals surface area contributed by atoms with Gasteiger partial charge in [-0.05, 0) is 25.7 Å². The minimum absolute atomic E-state index is 0.0520. The van der Waals surface area contributed by atoms with Gasteiger partial charge in [0.25, 0.3) is 0 Å². The number of rotatable bonds is 27. The molecule has 6 heteroatoms. The molecule has 0 aromatic rings. The monoisotopic (exact) mass is 610 g/mol. The van der Waals surface area contributed by atoms with E-state index in [1.54, 1.807) is 0 Å². The maximum absolute atomic E-state index is 11.4. The lowest BCUT2D eigenvalue weighted by atomic mass is 10.0. The predicted octanol–water partition coefficient (Wildman–Crippen LogP) is 9.44. The lowest BCUT2D eigenvalue weighted by Crippen LogP contribution is -2.05. The molecular formula is C28H52Br2O4. The third-order valence-electron chi connectivity index (χ3n) is 6.09. The van der Waals surface area contributed by atoms with E-state index in [-0.39, 0.29) is 11.9 Å². The molecule has 202 valence electrons. The van der Waals surface area contributed by atoms with Gasteiger partial charge in [0.2, 0.25) is 0 Å². The average molecular weight is 613 g/mol. The van der Waals surface area contributed by atoms with Crippen molar-refractivity contribution in [1.29, 1.82) is 0 Å². The number of unbranched alkanes of at least 4 members (excludes halogenated alkanes) is 17. The van der Waals surface area contributed by atoms with Gasteiger partial charge in [-0.15, -0.1) is 0 Å². The average Bonchev–Trinajstić information content (AvgIpc) is 2.84. The molecule has 0 unspecified atom stereocenters. The fourth-order valence-electron chi connectivity index (χ4n) is 3.97. The van der Waals surface area contributed by atoms with Gasteiger partial charge in [-0.2, -0.15) is 0 Å². The fourth-order valence-corrected chi connectivity index (χ4v) is 4.53. The Bertz CT molecular complexity index is 406. The number of ether oxygens (including phenoxy) is 2. The highest BCUT2D eigenvalue weighted by molar-refractivity contribution is 9.09. The first-order chi connectivity index (χ1) is 16.7. The molecule has 0 atom stereocenters. The van der Waals surface area contributed by atoms with Gasteiger partial charge in [-0.25, -0.2) is 0 Å². The summed E-state index contributed by atoms with van der Waals surface area (Å²) in [4.78, 5) is 22.8. The Morgan fingerprint density at radius 1 is 0.382 bits per heavy atom. The van der Waals surface area contributed by atoms with E-state index >= 15 is 0 Å². The first-order valence-electron chi connectivity index (χ1n) is 14.1. The van der Waals surface area contributed by atoms with Crippen LogP contribution >= 0.6 is 31.9 Å². The number of carbonyl (C=O) groups is 2. The second-order valence-corrected chi connectivity index (χ2v) is 11.0. The summed E-state index contributed by atoms with van der Waals surface area (Å²) in [5, 5.41) is 1.73. The first kappa shape index (κ1) is 33.9. The zero-order valence-electron chi connectivity index (χ0n) is 21.8. The van der Waals surface area contributed by atoms with Crippen molar-refractivity contribution in [2.75, 3.05) is 23.9 Å². The molecular weight excluding hydrogens is 560 g/mol. The summed E-state index contributed by atoms with van der Waals surface area (Å²) in [6.45, 7) is 1.19. The van der Waals surface area contributed by atoms with Gasteiger partial charge in [0.05, 0.1) is 13.2 Å². The van der Waals surface area contributed by atoms with Gasteiger partial charge in [-0.3, -0.25) is 9.59 Å². The van der Waals surface area contributed by atoms with Gasteiger partial charge in [-0.1, -0.05) is 135 Å². The molecule has 0 aliphatic rings. The lowest BCUT2D eigenvalue weighted by molar-refractivity contribution is -0.144. The number of esters is 2. The Kier molecular flexibility index (Phi) is 29.0. The van der Waals surface area contributed by atoms with Gasteiger partial charge < -0.3 is 9.47 Å². The van der Waals surface area contributed by atoms with Gasteiger partial charge >= 0.3 is 11.9 Å². The molecule has 4 nitrogen and oxygen atoms in total. The van der Waals surface area contributed by atoms with E-state index < -0.39 is 0 Å². The molecule has 0 radical (unpaired) electrons. The zero-order chi connectivity index (χ0) is 25.0. The van der Waals surface area contributed by atoms with Gasteiger partial charge in [0, 0.05) is 23.5 Å². The molecule has 34 heavy (non-hydrogen) atoms. The van der Waals surface area contributed by atoms with E-state index in [0.29, 0.717) is 26.1 Å². The highest BCUT2D eigenvalue weighted by Crippen LogP contribution is 2.14. The van der Waals surface area contributed by atoms with Crippen LogP contribution in [0, 0.1) is 0 Å². The standard InChI is InChI=1S/C28H52Br2O4/c29-23-19-21-27(31)33-25-17-15-13-11-9-7-5-3-1-2-4-6-8-10-12-14-16-18-26-34-28(32)22-20-24-30/h1-26H2. The Morgan fingerprint density at radius 2 is 0.618 bits per heavy atom. The van der Waals surface area contributed by atoms with Crippen molar-refractivity contribution >= 4 is 43.8 Å². The van der Waals surface area contributed by atoms with E-state index in [1.807, 2.05) is 0 Å². The van der Waals surface area contributed by atoms with E-state index in [0.717, 1.165) is 36.3 Å². The molecule has 0 bridgehead atoms. The summed E-state index contributed by atoms with van der Waals surface area (Å²) in [7, 11) is 0. The molecule has 0 aromatic heterocycles. The van der Waals surface area contributed by atoms with Crippen LogP contribution in [-0.2, 0) is 19.1 Å².